The topological polar surface area (TPSA) is 49.4 Å². The summed E-state index contributed by atoms with van der Waals surface area (Å²) in [7, 11) is 0. The Balaban J connectivity index is 1.64. The molecule has 0 unspecified atom stereocenters. The van der Waals surface area contributed by atoms with Crippen molar-refractivity contribution in [1.29, 1.82) is 0 Å². The quantitative estimate of drug-likeness (QED) is 0.878. The second-order valence-corrected chi connectivity index (χ2v) is 6.81. The Kier molecular flexibility index (Phi) is 4.97. The SMILES string of the molecule is CCCc1cc(-c2cccc(CN3CCOCC3)c2)c2c(n1)NNC2. The monoisotopic (exact) mass is 338 g/mol. The highest BCUT2D eigenvalue weighted by Gasteiger charge is 2.19. The molecular formula is C20H26N4O. The fourth-order valence-corrected chi connectivity index (χ4v) is 3.62. The number of aromatic nitrogens is 1. The second kappa shape index (κ2) is 7.52. The van der Waals surface area contributed by atoms with Gasteiger partial charge in [-0.2, -0.15) is 0 Å². The number of anilines is 1. The summed E-state index contributed by atoms with van der Waals surface area (Å²) in [5.41, 5.74) is 12.8. The molecule has 0 saturated carbocycles. The van der Waals surface area contributed by atoms with Crippen molar-refractivity contribution in [3.8, 4) is 11.1 Å². The molecule has 2 aliphatic heterocycles. The van der Waals surface area contributed by atoms with Crippen molar-refractivity contribution in [2.45, 2.75) is 32.9 Å². The maximum Gasteiger partial charge on any atom is 0.145 e. The highest BCUT2D eigenvalue weighted by atomic mass is 16.5. The molecule has 0 aliphatic carbocycles. The Morgan fingerprint density at radius 3 is 2.92 bits per heavy atom. The number of hydrazine groups is 1. The van der Waals surface area contributed by atoms with E-state index in [0.29, 0.717) is 0 Å². The summed E-state index contributed by atoms with van der Waals surface area (Å²) >= 11 is 0. The van der Waals surface area contributed by atoms with Gasteiger partial charge in [0.15, 0.2) is 0 Å². The second-order valence-electron chi connectivity index (χ2n) is 6.81. The largest absolute Gasteiger partial charge is 0.379 e. The zero-order chi connectivity index (χ0) is 17.1. The number of rotatable bonds is 5. The minimum Gasteiger partial charge on any atom is -0.379 e. The van der Waals surface area contributed by atoms with Crippen LogP contribution < -0.4 is 10.9 Å². The summed E-state index contributed by atoms with van der Waals surface area (Å²) in [4.78, 5) is 7.21. The molecule has 4 rings (SSSR count). The van der Waals surface area contributed by atoms with E-state index in [1.807, 2.05) is 0 Å². The molecule has 25 heavy (non-hydrogen) atoms. The van der Waals surface area contributed by atoms with Gasteiger partial charge in [-0.3, -0.25) is 4.90 Å². The summed E-state index contributed by atoms with van der Waals surface area (Å²) in [6.45, 7) is 7.72. The number of benzene rings is 1. The third-order valence-electron chi connectivity index (χ3n) is 4.90. The predicted octanol–water partition coefficient (Wildman–Crippen LogP) is 2.96. The maximum atomic E-state index is 5.45. The fourth-order valence-electron chi connectivity index (χ4n) is 3.62. The van der Waals surface area contributed by atoms with Gasteiger partial charge in [0.25, 0.3) is 0 Å². The number of nitrogens with zero attached hydrogens (tertiary/aromatic N) is 2. The van der Waals surface area contributed by atoms with Crippen LogP contribution in [0.2, 0.25) is 0 Å². The summed E-state index contributed by atoms with van der Waals surface area (Å²) in [5.74, 6) is 0.986. The number of morpholine rings is 1. The molecule has 0 bridgehead atoms. The average molecular weight is 338 g/mol. The molecule has 1 saturated heterocycles. The highest BCUT2D eigenvalue weighted by molar-refractivity contribution is 5.74. The molecule has 5 nitrogen and oxygen atoms in total. The lowest BCUT2D eigenvalue weighted by Crippen LogP contribution is -2.35. The van der Waals surface area contributed by atoms with Crippen LogP contribution in [0.3, 0.4) is 0 Å². The summed E-state index contributed by atoms with van der Waals surface area (Å²) in [6, 6.07) is 11.2. The van der Waals surface area contributed by atoms with E-state index in [4.69, 9.17) is 9.72 Å². The lowest BCUT2D eigenvalue weighted by molar-refractivity contribution is 0.0342. The third-order valence-corrected chi connectivity index (χ3v) is 4.90. The zero-order valence-corrected chi connectivity index (χ0v) is 14.8. The molecule has 1 aromatic carbocycles. The van der Waals surface area contributed by atoms with Gasteiger partial charge in [0, 0.05) is 37.4 Å². The Hall–Kier alpha value is -1.95. The van der Waals surface area contributed by atoms with Gasteiger partial charge < -0.3 is 10.2 Å². The first kappa shape index (κ1) is 16.5. The van der Waals surface area contributed by atoms with Crippen LogP contribution in [0.1, 0.15) is 30.2 Å². The van der Waals surface area contributed by atoms with E-state index in [1.165, 1.54) is 22.3 Å². The van der Waals surface area contributed by atoms with Gasteiger partial charge >= 0.3 is 0 Å². The van der Waals surface area contributed by atoms with E-state index in [2.05, 4.69) is 53.0 Å². The molecule has 0 spiro atoms. The van der Waals surface area contributed by atoms with Gasteiger partial charge in [-0.05, 0) is 35.2 Å². The number of pyridine rings is 1. The van der Waals surface area contributed by atoms with Crippen LogP contribution in [0, 0.1) is 0 Å². The minimum absolute atomic E-state index is 0.817. The molecule has 1 fully saturated rings. The molecule has 0 atom stereocenters. The van der Waals surface area contributed by atoms with Crippen molar-refractivity contribution < 1.29 is 4.74 Å². The van der Waals surface area contributed by atoms with Gasteiger partial charge in [0.1, 0.15) is 5.82 Å². The smallest absolute Gasteiger partial charge is 0.145 e. The normalized spacial score (nSPS) is 17.3. The van der Waals surface area contributed by atoms with Crippen LogP contribution in [0.15, 0.2) is 30.3 Å². The van der Waals surface area contributed by atoms with Crippen LogP contribution in [0.4, 0.5) is 5.82 Å². The first-order chi connectivity index (χ1) is 12.3. The molecule has 0 amide bonds. The Bertz CT molecular complexity index is 740. The van der Waals surface area contributed by atoms with Crippen LogP contribution in [-0.2, 0) is 24.2 Å². The van der Waals surface area contributed by atoms with Crippen molar-refractivity contribution >= 4 is 5.82 Å². The van der Waals surface area contributed by atoms with Crippen LogP contribution >= 0.6 is 0 Å². The standard InChI is InChI=1S/C20H26N4O/c1-2-4-17-12-18(19-13-21-23-20(19)22-17)16-6-3-5-15(11-16)14-24-7-9-25-10-8-24/h3,5-6,11-12,21H,2,4,7-10,13-14H2,1H3,(H,22,23). The first-order valence-electron chi connectivity index (χ1n) is 9.24. The number of hydrogen-bond acceptors (Lipinski definition) is 5. The van der Waals surface area contributed by atoms with Crippen LogP contribution in [0.25, 0.3) is 11.1 Å². The number of aryl methyl sites for hydroxylation is 1. The molecule has 5 heteroatoms. The van der Waals surface area contributed by atoms with Gasteiger partial charge in [-0.15, -0.1) is 0 Å². The van der Waals surface area contributed by atoms with Gasteiger partial charge in [0.05, 0.1) is 13.2 Å². The maximum absolute atomic E-state index is 5.45. The third kappa shape index (κ3) is 3.68. The molecule has 2 N–H and O–H groups in total. The van der Waals surface area contributed by atoms with Crippen molar-refractivity contribution in [1.82, 2.24) is 15.3 Å². The van der Waals surface area contributed by atoms with Crippen molar-refractivity contribution in [2.24, 2.45) is 0 Å². The van der Waals surface area contributed by atoms with Crippen molar-refractivity contribution in [3.63, 3.8) is 0 Å². The van der Waals surface area contributed by atoms with E-state index >= 15 is 0 Å². The fraction of sp³-hybridized carbons (Fsp3) is 0.450. The zero-order valence-electron chi connectivity index (χ0n) is 14.8. The molecule has 132 valence electrons. The Morgan fingerprint density at radius 2 is 2.08 bits per heavy atom. The van der Waals surface area contributed by atoms with E-state index in [9.17, 15) is 0 Å². The number of fused-ring (bicyclic) bond motifs is 1. The van der Waals surface area contributed by atoms with Crippen LogP contribution in [-0.4, -0.2) is 36.2 Å². The summed E-state index contributed by atoms with van der Waals surface area (Å²) in [6.07, 6.45) is 2.12. The average Bonchev–Trinajstić information content (AvgIpc) is 3.11. The molecular weight excluding hydrogens is 312 g/mol. The summed E-state index contributed by atoms with van der Waals surface area (Å²) in [5, 5.41) is 0. The molecule has 3 heterocycles. The van der Waals surface area contributed by atoms with Gasteiger partial charge in [-0.25, -0.2) is 10.4 Å². The number of nitrogens with one attached hydrogen (secondary N) is 2. The predicted molar refractivity (Wildman–Crippen MR) is 100 cm³/mol. The lowest BCUT2D eigenvalue weighted by Gasteiger charge is -2.26. The molecule has 2 aromatic rings. The molecule has 1 aromatic heterocycles. The van der Waals surface area contributed by atoms with E-state index in [0.717, 1.165) is 63.7 Å². The summed E-state index contributed by atoms with van der Waals surface area (Å²) < 4.78 is 5.45. The van der Waals surface area contributed by atoms with E-state index < -0.39 is 0 Å². The lowest BCUT2D eigenvalue weighted by atomic mass is 9.97. The van der Waals surface area contributed by atoms with Crippen molar-refractivity contribution in [2.75, 3.05) is 31.7 Å². The minimum atomic E-state index is 0.817. The van der Waals surface area contributed by atoms with Gasteiger partial charge in [-0.1, -0.05) is 31.5 Å². The van der Waals surface area contributed by atoms with Gasteiger partial charge in [0.2, 0.25) is 0 Å². The Morgan fingerprint density at radius 1 is 1.20 bits per heavy atom. The first-order valence-corrected chi connectivity index (χ1v) is 9.24. The number of hydrogen-bond donors (Lipinski definition) is 2. The van der Waals surface area contributed by atoms with E-state index in [1.54, 1.807) is 0 Å². The molecule has 0 radical (unpaired) electrons. The number of ether oxygens (including phenoxy) is 1. The Labute approximate surface area is 149 Å². The highest BCUT2D eigenvalue weighted by Crippen LogP contribution is 2.32. The molecule has 2 aliphatic rings. The van der Waals surface area contributed by atoms with Crippen LogP contribution in [0.5, 0.6) is 0 Å². The van der Waals surface area contributed by atoms with E-state index in [-0.39, 0.29) is 0 Å². The van der Waals surface area contributed by atoms with Crippen molar-refractivity contribution in [3.05, 3.63) is 47.2 Å².